The van der Waals surface area contributed by atoms with Gasteiger partial charge in [-0.1, -0.05) is 0 Å². The molecule has 5 nitrogen and oxygen atoms in total. The van der Waals surface area contributed by atoms with Gasteiger partial charge in [0, 0.05) is 13.7 Å². The molecule has 0 aliphatic carbocycles. The third-order valence-corrected chi connectivity index (χ3v) is 1.83. The first-order chi connectivity index (χ1) is 7.05. The van der Waals surface area contributed by atoms with Crippen molar-refractivity contribution in [2.75, 3.05) is 20.3 Å². The summed E-state index contributed by atoms with van der Waals surface area (Å²) in [6, 6.07) is 3.18. The van der Waals surface area contributed by atoms with Crippen molar-refractivity contribution in [2.24, 2.45) is 0 Å². The second-order valence-corrected chi connectivity index (χ2v) is 3.59. The van der Waals surface area contributed by atoms with Crippen molar-refractivity contribution < 1.29 is 19.1 Å². The van der Waals surface area contributed by atoms with E-state index in [9.17, 15) is 9.90 Å². The molecular weight excluding hydrogens is 198 g/mol. The minimum Gasteiger partial charge on any atom is -0.459 e. The Kier molecular flexibility index (Phi) is 3.88. The molecule has 0 spiro atoms. The molecule has 2 N–H and O–H groups in total. The molecule has 1 rings (SSSR count). The topological polar surface area (TPSA) is 71.7 Å². The quantitative estimate of drug-likeness (QED) is 0.743. The fraction of sp³-hybridized carbons (Fsp3) is 0.500. The van der Waals surface area contributed by atoms with Crippen LogP contribution in [-0.4, -0.2) is 36.9 Å². The number of furan rings is 1. The van der Waals surface area contributed by atoms with Crippen LogP contribution >= 0.6 is 0 Å². The van der Waals surface area contributed by atoms with E-state index in [4.69, 9.17) is 9.15 Å². The largest absolute Gasteiger partial charge is 0.459 e. The number of carbonyl (C=O) groups excluding carboxylic acids is 1. The van der Waals surface area contributed by atoms with E-state index >= 15 is 0 Å². The van der Waals surface area contributed by atoms with Crippen molar-refractivity contribution in [3.8, 4) is 0 Å². The molecule has 0 aliphatic rings. The maximum atomic E-state index is 11.4. The van der Waals surface area contributed by atoms with E-state index in [0.29, 0.717) is 0 Å². The lowest BCUT2D eigenvalue weighted by Gasteiger charge is -2.22. The zero-order valence-corrected chi connectivity index (χ0v) is 8.82. The molecule has 0 fully saturated rings. The van der Waals surface area contributed by atoms with E-state index in [1.54, 1.807) is 19.1 Å². The monoisotopic (exact) mass is 213 g/mol. The van der Waals surface area contributed by atoms with Crippen LogP contribution in [0.1, 0.15) is 17.5 Å². The van der Waals surface area contributed by atoms with E-state index in [1.165, 1.54) is 13.4 Å². The first kappa shape index (κ1) is 11.7. The summed E-state index contributed by atoms with van der Waals surface area (Å²) in [5.41, 5.74) is -1.07. The third kappa shape index (κ3) is 3.73. The molecule has 0 aliphatic heterocycles. The van der Waals surface area contributed by atoms with Gasteiger partial charge in [-0.2, -0.15) is 0 Å². The van der Waals surface area contributed by atoms with Gasteiger partial charge in [-0.3, -0.25) is 4.79 Å². The SMILES string of the molecule is COC[C@](C)(O)CNC(=O)c1ccco1. The van der Waals surface area contributed by atoms with Crippen molar-refractivity contribution >= 4 is 5.91 Å². The summed E-state index contributed by atoms with van der Waals surface area (Å²) in [5, 5.41) is 12.2. The fourth-order valence-electron chi connectivity index (χ4n) is 1.13. The average Bonchev–Trinajstić information content (AvgIpc) is 2.67. The molecule has 0 saturated heterocycles. The molecule has 0 saturated carbocycles. The molecule has 0 aromatic carbocycles. The zero-order chi connectivity index (χ0) is 11.3. The van der Waals surface area contributed by atoms with Crippen LogP contribution < -0.4 is 5.32 Å². The predicted molar refractivity (Wildman–Crippen MR) is 53.5 cm³/mol. The number of carbonyl (C=O) groups is 1. The standard InChI is InChI=1S/C10H15NO4/c1-10(13,7-14-2)6-11-9(12)8-4-3-5-15-8/h3-5,13H,6-7H2,1-2H3,(H,11,12)/t10-/m1/s1. The van der Waals surface area contributed by atoms with Crippen molar-refractivity contribution in [1.82, 2.24) is 5.32 Å². The number of aliphatic hydroxyl groups is 1. The Bertz CT molecular complexity index is 305. The molecule has 1 amide bonds. The van der Waals surface area contributed by atoms with E-state index in [-0.39, 0.29) is 24.8 Å². The van der Waals surface area contributed by atoms with Gasteiger partial charge in [-0.15, -0.1) is 0 Å². The van der Waals surface area contributed by atoms with Crippen LogP contribution in [0.15, 0.2) is 22.8 Å². The van der Waals surface area contributed by atoms with Gasteiger partial charge in [0.1, 0.15) is 5.60 Å². The van der Waals surface area contributed by atoms with E-state index < -0.39 is 5.60 Å². The highest BCUT2D eigenvalue weighted by Gasteiger charge is 2.21. The van der Waals surface area contributed by atoms with Crippen LogP contribution in [-0.2, 0) is 4.74 Å². The lowest BCUT2D eigenvalue weighted by atomic mass is 10.1. The highest BCUT2D eigenvalue weighted by atomic mass is 16.5. The van der Waals surface area contributed by atoms with E-state index in [0.717, 1.165) is 0 Å². The maximum absolute atomic E-state index is 11.4. The van der Waals surface area contributed by atoms with Gasteiger partial charge in [0.25, 0.3) is 5.91 Å². The maximum Gasteiger partial charge on any atom is 0.287 e. The fourth-order valence-corrected chi connectivity index (χ4v) is 1.13. The van der Waals surface area contributed by atoms with Crippen molar-refractivity contribution in [3.05, 3.63) is 24.2 Å². The van der Waals surface area contributed by atoms with Crippen LogP contribution in [0.5, 0.6) is 0 Å². The first-order valence-corrected chi connectivity index (χ1v) is 4.58. The van der Waals surface area contributed by atoms with Crippen molar-refractivity contribution in [1.29, 1.82) is 0 Å². The van der Waals surface area contributed by atoms with Gasteiger partial charge in [-0.05, 0) is 19.1 Å². The molecule has 5 heteroatoms. The second kappa shape index (κ2) is 4.95. The summed E-state index contributed by atoms with van der Waals surface area (Å²) >= 11 is 0. The smallest absolute Gasteiger partial charge is 0.287 e. The number of methoxy groups -OCH3 is 1. The molecular formula is C10H15NO4. The number of amides is 1. The Morgan fingerprint density at radius 2 is 2.47 bits per heavy atom. The number of hydrogen-bond acceptors (Lipinski definition) is 4. The summed E-state index contributed by atoms with van der Waals surface area (Å²) in [7, 11) is 1.49. The number of nitrogens with one attached hydrogen (secondary N) is 1. The summed E-state index contributed by atoms with van der Waals surface area (Å²) < 4.78 is 9.70. The summed E-state index contributed by atoms with van der Waals surface area (Å²) in [5.74, 6) is -0.125. The molecule has 1 heterocycles. The number of ether oxygens (including phenoxy) is 1. The Hall–Kier alpha value is -1.33. The van der Waals surface area contributed by atoms with E-state index in [1.807, 2.05) is 0 Å². The number of rotatable bonds is 5. The molecule has 1 atom stereocenters. The van der Waals surface area contributed by atoms with Crippen LogP contribution in [0, 0.1) is 0 Å². The Balaban J connectivity index is 2.40. The molecule has 1 aromatic rings. The van der Waals surface area contributed by atoms with Crippen molar-refractivity contribution in [3.63, 3.8) is 0 Å². The van der Waals surface area contributed by atoms with Crippen molar-refractivity contribution in [2.45, 2.75) is 12.5 Å². The van der Waals surface area contributed by atoms with Crippen LogP contribution in [0.2, 0.25) is 0 Å². The first-order valence-electron chi connectivity index (χ1n) is 4.58. The highest BCUT2D eigenvalue weighted by Crippen LogP contribution is 2.03. The third-order valence-electron chi connectivity index (χ3n) is 1.83. The normalized spacial score (nSPS) is 14.6. The zero-order valence-electron chi connectivity index (χ0n) is 8.82. The minimum absolute atomic E-state index is 0.111. The summed E-state index contributed by atoms with van der Waals surface area (Å²) in [6.45, 7) is 1.85. The lowest BCUT2D eigenvalue weighted by Crippen LogP contribution is -2.43. The van der Waals surface area contributed by atoms with Crippen LogP contribution in [0.3, 0.4) is 0 Å². The lowest BCUT2D eigenvalue weighted by molar-refractivity contribution is -0.0148. The Morgan fingerprint density at radius 1 is 1.73 bits per heavy atom. The predicted octanol–water partition coefficient (Wildman–Crippen LogP) is 0.407. The average molecular weight is 213 g/mol. The molecule has 84 valence electrons. The van der Waals surface area contributed by atoms with Crippen LogP contribution in [0.25, 0.3) is 0 Å². The van der Waals surface area contributed by atoms with Crippen LogP contribution in [0.4, 0.5) is 0 Å². The molecule has 0 radical (unpaired) electrons. The second-order valence-electron chi connectivity index (χ2n) is 3.59. The van der Waals surface area contributed by atoms with Gasteiger partial charge >= 0.3 is 0 Å². The summed E-state index contributed by atoms with van der Waals surface area (Å²) in [6.07, 6.45) is 1.42. The highest BCUT2D eigenvalue weighted by molar-refractivity contribution is 5.91. The summed E-state index contributed by atoms with van der Waals surface area (Å²) in [4.78, 5) is 11.4. The van der Waals surface area contributed by atoms with Gasteiger partial charge in [0.15, 0.2) is 5.76 Å². The van der Waals surface area contributed by atoms with Gasteiger partial charge in [0.2, 0.25) is 0 Å². The van der Waals surface area contributed by atoms with E-state index in [2.05, 4.69) is 5.32 Å². The molecule has 1 aromatic heterocycles. The number of hydrogen-bond donors (Lipinski definition) is 2. The van der Waals surface area contributed by atoms with Gasteiger partial charge < -0.3 is 19.6 Å². The minimum atomic E-state index is -1.07. The molecule has 0 bridgehead atoms. The molecule has 15 heavy (non-hydrogen) atoms. The Labute approximate surface area is 88.0 Å². The van der Waals surface area contributed by atoms with Gasteiger partial charge in [0.05, 0.1) is 12.9 Å². The van der Waals surface area contributed by atoms with Gasteiger partial charge in [-0.25, -0.2) is 0 Å². The Morgan fingerprint density at radius 3 is 3.00 bits per heavy atom. The molecule has 0 unspecified atom stereocenters.